The smallest absolute Gasteiger partial charge is 0.344 e. The van der Waals surface area contributed by atoms with Gasteiger partial charge in [-0.05, 0) is 79.1 Å². The fourth-order valence-electron chi connectivity index (χ4n) is 6.51. The Morgan fingerprint density at radius 1 is 0.514 bits per heavy atom. The predicted molar refractivity (Wildman–Crippen MR) is 140 cm³/mol. The van der Waals surface area contributed by atoms with Crippen LogP contribution in [0.1, 0.15) is 55.4 Å². The summed E-state index contributed by atoms with van der Waals surface area (Å²) in [4.78, 5) is 0. The van der Waals surface area contributed by atoms with Crippen molar-refractivity contribution in [2.24, 2.45) is 0 Å². The Bertz CT molecular complexity index is 624. The Labute approximate surface area is 228 Å². The average Bonchev–Trinajstić information content (AvgIpc) is 3.56. The van der Waals surface area contributed by atoms with Crippen LogP contribution in [0.3, 0.4) is 0 Å². The van der Waals surface area contributed by atoms with Crippen LogP contribution in [0.4, 0.5) is 0 Å². The van der Waals surface area contributed by atoms with Gasteiger partial charge in [0.25, 0.3) is 0 Å². The van der Waals surface area contributed by atoms with Gasteiger partial charge >= 0.3 is 17.1 Å². The molecule has 0 unspecified atom stereocenters. The van der Waals surface area contributed by atoms with Crippen LogP contribution in [-0.2, 0) is 36.0 Å². The number of hydrogen-bond acceptors (Lipinski definition) is 4. The van der Waals surface area contributed by atoms with Gasteiger partial charge in [0.2, 0.25) is 0 Å². The van der Waals surface area contributed by atoms with Gasteiger partial charge in [0.15, 0.2) is 11.6 Å². The van der Waals surface area contributed by atoms with Gasteiger partial charge in [0.05, 0.1) is 24.4 Å². The quantitative estimate of drug-likeness (QED) is 0.295. The van der Waals surface area contributed by atoms with E-state index in [2.05, 4.69) is 79.1 Å². The third-order valence-corrected chi connectivity index (χ3v) is 14.3. The number of rotatable bonds is 2. The van der Waals surface area contributed by atoms with Crippen molar-refractivity contribution >= 4 is 15.8 Å². The van der Waals surface area contributed by atoms with Crippen molar-refractivity contribution in [3.05, 3.63) is 62.7 Å². The first-order chi connectivity index (χ1) is 16.0. The van der Waals surface area contributed by atoms with Crippen LogP contribution in [0.15, 0.2) is 0 Å². The molecule has 4 nitrogen and oxygen atoms in total. The Balaban J connectivity index is 0.000000160. The second-order valence-electron chi connectivity index (χ2n) is 11.2. The summed E-state index contributed by atoms with van der Waals surface area (Å²) in [5.74, 6) is -0.795. The van der Waals surface area contributed by atoms with Crippen molar-refractivity contribution in [3.63, 3.8) is 0 Å². The summed E-state index contributed by atoms with van der Waals surface area (Å²) in [6.45, 7) is 17.4. The van der Waals surface area contributed by atoms with E-state index in [1.807, 2.05) is 27.7 Å². The Hall–Kier alpha value is 1.22. The van der Waals surface area contributed by atoms with Crippen LogP contribution < -0.4 is 0 Å². The van der Waals surface area contributed by atoms with Gasteiger partial charge in [-0.2, -0.15) is 0 Å². The fourth-order valence-corrected chi connectivity index (χ4v) is 13.1. The monoisotopic (exact) mass is 558 g/mol. The molecule has 6 rings (SSSR count). The molecule has 6 aliphatic rings. The standard InChI is InChI=1S/2C14H20O2P.Fe/c2*1-9-12-13(16-14(3,4)15-12)10(2)17(9)11-7-5-6-8-11;/h2*5-10,12-13H,1-4H3;/q;;+2/t2*9-,10-,12+,13+;/m00./s1. The van der Waals surface area contributed by atoms with E-state index in [-0.39, 0.29) is 57.3 Å². The molecule has 4 saturated heterocycles. The molecule has 0 N–H and O–H groups in total. The minimum atomic E-state index is -0.398. The van der Waals surface area contributed by atoms with Crippen molar-refractivity contribution in [3.8, 4) is 0 Å². The summed E-state index contributed by atoms with van der Waals surface area (Å²) in [7, 11) is -0.301. The summed E-state index contributed by atoms with van der Waals surface area (Å²) in [5, 5.41) is 0. The Morgan fingerprint density at radius 3 is 0.971 bits per heavy atom. The van der Waals surface area contributed by atoms with E-state index in [4.69, 9.17) is 18.9 Å². The van der Waals surface area contributed by atoms with E-state index in [0.717, 1.165) is 0 Å². The van der Waals surface area contributed by atoms with Crippen molar-refractivity contribution in [1.29, 1.82) is 0 Å². The first kappa shape index (κ1) is 29.2. The number of hydrogen-bond donors (Lipinski definition) is 0. The van der Waals surface area contributed by atoms with Crippen molar-refractivity contribution in [2.45, 2.75) is 114 Å². The zero-order valence-corrected chi connectivity index (χ0v) is 25.0. The molecule has 0 spiro atoms. The van der Waals surface area contributed by atoms with E-state index in [9.17, 15) is 0 Å². The molecule has 0 aromatic rings. The van der Waals surface area contributed by atoms with Crippen LogP contribution in [0.25, 0.3) is 0 Å². The molecule has 35 heavy (non-hydrogen) atoms. The molecule has 8 atom stereocenters. The maximum atomic E-state index is 6.08. The normalized spacial score (nSPS) is 48.3. The van der Waals surface area contributed by atoms with Gasteiger partial charge in [-0.1, -0.05) is 43.5 Å². The van der Waals surface area contributed by atoms with E-state index in [1.54, 1.807) is 0 Å². The first-order valence-corrected chi connectivity index (χ1v) is 15.7. The Kier molecular flexibility index (Phi) is 9.18. The summed E-state index contributed by atoms with van der Waals surface area (Å²) >= 11 is 0. The minimum absolute atomic E-state index is 0. The summed E-state index contributed by atoms with van der Waals surface area (Å²) < 4.78 is 24.3. The van der Waals surface area contributed by atoms with Gasteiger partial charge in [-0.25, -0.2) is 0 Å². The largest absolute Gasteiger partial charge is 2.00 e. The second-order valence-corrected chi connectivity index (χ2v) is 17.1. The summed E-state index contributed by atoms with van der Waals surface area (Å²) in [6, 6.07) is 0. The van der Waals surface area contributed by atoms with E-state index >= 15 is 0 Å². The molecule has 0 aromatic carbocycles. The molecule has 2 saturated carbocycles. The zero-order valence-electron chi connectivity index (χ0n) is 22.1. The van der Waals surface area contributed by atoms with Gasteiger partial charge in [0.1, 0.15) is 0 Å². The molecule has 6 fully saturated rings. The van der Waals surface area contributed by atoms with Crippen LogP contribution in [0.5, 0.6) is 0 Å². The average molecular weight is 558 g/mol. The summed E-state index contributed by atoms with van der Waals surface area (Å²) in [5.41, 5.74) is 5.37. The van der Waals surface area contributed by atoms with E-state index in [0.29, 0.717) is 22.6 Å². The molecular formula is C28H40FeO4P2+2. The molecule has 4 heterocycles. The van der Waals surface area contributed by atoms with Crippen molar-refractivity contribution < 1.29 is 36.0 Å². The van der Waals surface area contributed by atoms with Crippen LogP contribution in [0.2, 0.25) is 0 Å². The molecule has 2 aliphatic carbocycles. The topological polar surface area (TPSA) is 36.9 Å². The maximum absolute atomic E-state index is 6.08. The van der Waals surface area contributed by atoms with Gasteiger partial charge in [0, 0.05) is 34.0 Å². The van der Waals surface area contributed by atoms with Crippen LogP contribution in [-0.4, -0.2) is 58.6 Å². The third-order valence-electron chi connectivity index (χ3n) is 7.87. The Morgan fingerprint density at radius 2 is 0.743 bits per heavy atom. The second kappa shape index (κ2) is 11.0. The van der Waals surface area contributed by atoms with Crippen LogP contribution >= 0.6 is 15.8 Å². The molecule has 4 aliphatic heterocycles. The van der Waals surface area contributed by atoms with Gasteiger partial charge < -0.3 is 18.9 Å². The van der Waals surface area contributed by atoms with E-state index in [1.165, 1.54) is 11.3 Å². The number of ether oxygens (including phenoxy) is 4. The fraction of sp³-hybridized carbons (Fsp3) is 0.643. The predicted octanol–water partition coefficient (Wildman–Crippen LogP) is 6.28. The van der Waals surface area contributed by atoms with Gasteiger partial charge in [-0.3, -0.25) is 0 Å². The van der Waals surface area contributed by atoms with Crippen LogP contribution in [0, 0.1) is 62.7 Å². The van der Waals surface area contributed by atoms with E-state index < -0.39 is 11.6 Å². The number of fused-ring (bicyclic) bond motifs is 2. The molecule has 10 radical (unpaired) electrons. The minimum Gasteiger partial charge on any atom is -0.344 e. The molecule has 7 heteroatoms. The SMILES string of the molecule is C[C@H]1[C@H]2OC(C)(C)O[C@@H]2[C@H](C)P1[C]1[CH][CH][CH][CH]1.C[C@H]1[C@H]2OC(C)(C)O[C@@H]2[C@H](C)P1[C]1[CH][CH][CH][CH]1.[Fe+2]. The zero-order chi connectivity index (χ0) is 24.4. The van der Waals surface area contributed by atoms with Crippen molar-refractivity contribution in [1.82, 2.24) is 0 Å². The summed E-state index contributed by atoms with van der Waals surface area (Å²) in [6.07, 6.45) is 18.7. The van der Waals surface area contributed by atoms with Gasteiger partial charge in [-0.15, -0.1) is 0 Å². The molecule has 0 amide bonds. The molecule has 192 valence electrons. The molecule has 0 bridgehead atoms. The maximum Gasteiger partial charge on any atom is 2.00 e. The third kappa shape index (κ3) is 5.61. The molecule has 0 aromatic heterocycles. The first-order valence-electron chi connectivity index (χ1n) is 12.7. The van der Waals surface area contributed by atoms with Crippen molar-refractivity contribution in [2.75, 3.05) is 0 Å². The molecular weight excluding hydrogens is 518 g/mol.